The van der Waals surface area contributed by atoms with E-state index in [0.29, 0.717) is 0 Å². The lowest BCUT2D eigenvalue weighted by atomic mass is 9.85. The molecule has 0 unspecified atom stereocenters. The summed E-state index contributed by atoms with van der Waals surface area (Å²) < 4.78 is 6.27. The third-order valence-corrected chi connectivity index (χ3v) is 6.29. The molecule has 22 heavy (non-hydrogen) atoms. The van der Waals surface area contributed by atoms with Crippen LogP contribution in [0.4, 0.5) is 0 Å². The second-order valence-corrected chi connectivity index (χ2v) is 7.62. The monoisotopic (exact) mass is 333 g/mol. The van der Waals surface area contributed by atoms with Crippen LogP contribution < -0.4 is 0 Å². The average Bonchev–Trinajstić information content (AvgIpc) is 3.02. The number of ether oxygens (including phenoxy) is 1. The number of rotatable bonds is 2. The zero-order valence-electron chi connectivity index (χ0n) is 12.6. The van der Waals surface area contributed by atoms with Gasteiger partial charge in [-0.1, -0.05) is 23.7 Å². The first-order valence-electron chi connectivity index (χ1n) is 7.93. The van der Waals surface area contributed by atoms with Crippen LogP contribution in [0.5, 0.6) is 0 Å². The van der Waals surface area contributed by atoms with Gasteiger partial charge in [0.1, 0.15) is 5.60 Å². The van der Waals surface area contributed by atoms with Gasteiger partial charge in [-0.3, -0.25) is 4.90 Å². The molecule has 0 N–H and O–H groups in total. The van der Waals surface area contributed by atoms with Gasteiger partial charge in [0.15, 0.2) is 0 Å². The lowest BCUT2D eigenvalue weighted by Gasteiger charge is -2.43. The van der Waals surface area contributed by atoms with Gasteiger partial charge in [-0.15, -0.1) is 11.3 Å². The SMILES string of the molecule is Clc1ccc(CN2CCC3(CC2)OCCc2ccsc23)cc1. The Morgan fingerprint density at radius 1 is 1.14 bits per heavy atom. The standard InChI is InChI=1S/C18H20ClNOS/c19-16-3-1-14(2-4-16)13-20-9-7-18(8-10-20)17-15(5-11-21-18)6-12-22-17/h1-4,6,12H,5,7-11,13H2. The topological polar surface area (TPSA) is 12.5 Å². The average molecular weight is 334 g/mol. The van der Waals surface area contributed by atoms with Gasteiger partial charge >= 0.3 is 0 Å². The summed E-state index contributed by atoms with van der Waals surface area (Å²) in [6.07, 6.45) is 3.29. The van der Waals surface area contributed by atoms with E-state index >= 15 is 0 Å². The molecule has 1 aromatic carbocycles. The molecule has 3 heterocycles. The molecule has 116 valence electrons. The van der Waals surface area contributed by atoms with Crippen LogP contribution >= 0.6 is 22.9 Å². The summed E-state index contributed by atoms with van der Waals surface area (Å²) in [5.74, 6) is 0. The summed E-state index contributed by atoms with van der Waals surface area (Å²) in [5, 5.41) is 3.03. The van der Waals surface area contributed by atoms with Crippen molar-refractivity contribution in [1.29, 1.82) is 0 Å². The van der Waals surface area contributed by atoms with Crippen molar-refractivity contribution < 1.29 is 4.74 Å². The van der Waals surface area contributed by atoms with E-state index < -0.39 is 0 Å². The summed E-state index contributed by atoms with van der Waals surface area (Å²) in [6, 6.07) is 10.5. The maximum atomic E-state index is 6.27. The molecule has 0 saturated carbocycles. The minimum Gasteiger partial charge on any atom is -0.369 e. The van der Waals surface area contributed by atoms with Crippen molar-refractivity contribution >= 4 is 22.9 Å². The van der Waals surface area contributed by atoms with E-state index in [1.165, 1.54) is 16.0 Å². The zero-order valence-corrected chi connectivity index (χ0v) is 14.1. The highest BCUT2D eigenvalue weighted by atomic mass is 35.5. The molecule has 1 spiro atoms. The van der Waals surface area contributed by atoms with Crippen LogP contribution in [0.1, 0.15) is 28.8 Å². The van der Waals surface area contributed by atoms with Crippen molar-refractivity contribution in [3.8, 4) is 0 Å². The fraction of sp³-hybridized carbons (Fsp3) is 0.444. The molecule has 4 rings (SSSR count). The predicted molar refractivity (Wildman–Crippen MR) is 91.6 cm³/mol. The smallest absolute Gasteiger partial charge is 0.105 e. The van der Waals surface area contributed by atoms with Crippen molar-refractivity contribution in [3.05, 3.63) is 56.7 Å². The van der Waals surface area contributed by atoms with E-state index in [1.54, 1.807) is 0 Å². The number of piperidine rings is 1. The zero-order chi connectivity index (χ0) is 15.0. The van der Waals surface area contributed by atoms with Gasteiger partial charge in [0.25, 0.3) is 0 Å². The molecule has 2 aromatic rings. The van der Waals surface area contributed by atoms with E-state index in [-0.39, 0.29) is 5.60 Å². The summed E-state index contributed by atoms with van der Waals surface area (Å²) in [7, 11) is 0. The summed E-state index contributed by atoms with van der Waals surface area (Å²) in [5.41, 5.74) is 2.85. The highest BCUT2D eigenvalue weighted by Gasteiger charge is 2.41. The van der Waals surface area contributed by atoms with Crippen molar-refractivity contribution in [2.45, 2.75) is 31.4 Å². The van der Waals surface area contributed by atoms with Crippen LogP contribution in [0.2, 0.25) is 5.02 Å². The number of halogens is 1. The fourth-order valence-electron chi connectivity index (χ4n) is 3.65. The van der Waals surface area contributed by atoms with Gasteiger partial charge < -0.3 is 4.74 Å². The van der Waals surface area contributed by atoms with E-state index in [9.17, 15) is 0 Å². The molecule has 0 radical (unpaired) electrons. The Morgan fingerprint density at radius 3 is 2.68 bits per heavy atom. The van der Waals surface area contributed by atoms with Crippen molar-refractivity contribution in [2.24, 2.45) is 0 Å². The molecular weight excluding hydrogens is 314 g/mol. The van der Waals surface area contributed by atoms with Crippen LogP contribution in [0.3, 0.4) is 0 Å². The normalized spacial score (nSPS) is 21.0. The largest absolute Gasteiger partial charge is 0.369 e. The Hall–Kier alpha value is -0.870. The van der Waals surface area contributed by atoms with E-state index in [0.717, 1.165) is 50.5 Å². The van der Waals surface area contributed by atoms with Crippen LogP contribution in [0.25, 0.3) is 0 Å². The van der Waals surface area contributed by atoms with Crippen molar-refractivity contribution in [1.82, 2.24) is 4.90 Å². The van der Waals surface area contributed by atoms with Crippen LogP contribution in [-0.2, 0) is 23.3 Å². The summed E-state index contributed by atoms with van der Waals surface area (Å²) >= 11 is 7.84. The van der Waals surface area contributed by atoms with Gasteiger partial charge in [0, 0.05) is 29.5 Å². The van der Waals surface area contributed by atoms with E-state index in [4.69, 9.17) is 16.3 Å². The molecule has 2 aliphatic heterocycles. The maximum absolute atomic E-state index is 6.27. The Kier molecular flexibility index (Phi) is 3.99. The highest BCUT2D eigenvalue weighted by molar-refractivity contribution is 7.10. The number of hydrogen-bond acceptors (Lipinski definition) is 3. The van der Waals surface area contributed by atoms with Crippen LogP contribution in [0.15, 0.2) is 35.7 Å². The predicted octanol–water partition coefficient (Wildman–Crippen LogP) is 4.47. The van der Waals surface area contributed by atoms with Crippen LogP contribution in [0, 0.1) is 0 Å². The number of fused-ring (bicyclic) bond motifs is 2. The lowest BCUT2D eigenvalue weighted by Crippen LogP contribution is -2.45. The second-order valence-electron chi connectivity index (χ2n) is 6.27. The third kappa shape index (κ3) is 2.71. The molecule has 0 bridgehead atoms. The molecule has 4 heteroatoms. The second kappa shape index (κ2) is 5.97. The molecule has 1 saturated heterocycles. The van der Waals surface area contributed by atoms with Gasteiger partial charge in [-0.25, -0.2) is 0 Å². The Labute approximate surface area is 140 Å². The van der Waals surface area contributed by atoms with Crippen molar-refractivity contribution in [3.63, 3.8) is 0 Å². The Bertz CT molecular complexity index is 643. The minimum atomic E-state index is -0.00174. The van der Waals surface area contributed by atoms with Gasteiger partial charge in [0.2, 0.25) is 0 Å². The van der Waals surface area contributed by atoms with Gasteiger partial charge in [0.05, 0.1) is 6.61 Å². The minimum absolute atomic E-state index is 0.00174. The fourth-order valence-corrected chi connectivity index (χ4v) is 4.94. The maximum Gasteiger partial charge on any atom is 0.105 e. The van der Waals surface area contributed by atoms with Gasteiger partial charge in [-0.05, 0) is 54.0 Å². The first-order valence-corrected chi connectivity index (χ1v) is 9.19. The molecule has 2 aliphatic rings. The summed E-state index contributed by atoms with van der Waals surface area (Å²) in [6.45, 7) is 4.07. The molecule has 0 amide bonds. The number of likely N-dealkylation sites (tertiary alicyclic amines) is 1. The number of thiophene rings is 1. The molecule has 1 aromatic heterocycles. The quantitative estimate of drug-likeness (QED) is 0.804. The van der Waals surface area contributed by atoms with Crippen molar-refractivity contribution in [2.75, 3.05) is 19.7 Å². The molecule has 0 atom stereocenters. The Morgan fingerprint density at radius 2 is 1.91 bits per heavy atom. The molecular formula is C18H20ClNOS. The number of nitrogens with zero attached hydrogens (tertiary/aromatic N) is 1. The number of hydrogen-bond donors (Lipinski definition) is 0. The van der Waals surface area contributed by atoms with Crippen LogP contribution in [-0.4, -0.2) is 24.6 Å². The highest BCUT2D eigenvalue weighted by Crippen LogP contribution is 2.44. The molecule has 0 aliphatic carbocycles. The third-order valence-electron chi connectivity index (χ3n) is 4.89. The van der Waals surface area contributed by atoms with Gasteiger partial charge in [-0.2, -0.15) is 0 Å². The van der Waals surface area contributed by atoms with E-state index in [1.807, 2.05) is 23.5 Å². The first kappa shape index (κ1) is 14.7. The van der Waals surface area contributed by atoms with E-state index in [2.05, 4.69) is 28.5 Å². The number of benzene rings is 1. The first-order chi connectivity index (χ1) is 10.8. The lowest BCUT2D eigenvalue weighted by molar-refractivity contribution is -0.0960. The Balaban J connectivity index is 1.44. The molecule has 1 fully saturated rings. The molecule has 2 nitrogen and oxygen atoms in total. The summed E-state index contributed by atoms with van der Waals surface area (Å²) in [4.78, 5) is 4.02.